The van der Waals surface area contributed by atoms with Gasteiger partial charge in [0.05, 0.1) is 16.9 Å². The molecule has 2 aromatic heterocycles. The van der Waals surface area contributed by atoms with Gasteiger partial charge in [-0.3, -0.25) is 4.98 Å². The minimum Gasteiger partial charge on any atom is -0.557 e. The van der Waals surface area contributed by atoms with Gasteiger partial charge in [-0.15, -0.1) is 0 Å². The second kappa shape index (κ2) is 11.6. The van der Waals surface area contributed by atoms with Crippen molar-refractivity contribution in [1.82, 2.24) is 9.55 Å². The van der Waals surface area contributed by atoms with Crippen LogP contribution >= 0.6 is 0 Å². The molecule has 0 aliphatic rings. The molecule has 6 rings (SSSR count). The van der Waals surface area contributed by atoms with Crippen LogP contribution in [0.25, 0.3) is 55.8 Å². The Kier molecular flexibility index (Phi) is 8.18. The van der Waals surface area contributed by atoms with Crippen molar-refractivity contribution >= 4 is 27.6 Å². The monoisotopic (exact) mass is 716 g/mol. The van der Waals surface area contributed by atoms with Gasteiger partial charge in [-0.25, -0.2) is 0 Å². The molecule has 0 saturated carbocycles. The van der Waals surface area contributed by atoms with Gasteiger partial charge in [0.15, 0.2) is 0 Å². The van der Waals surface area contributed by atoms with Gasteiger partial charge in [0.2, 0.25) is 0 Å². The second-order valence-electron chi connectivity index (χ2n) is 11.2. The van der Waals surface area contributed by atoms with Gasteiger partial charge in [-0.1, -0.05) is 105 Å². The summed E-state index contributed by atoms with van der Waals surface area (Å²) in [6, 6.07) is 30.2. The number of para-hydroxylation sites is 2. The van der Waals surface area contributed by atoms with Crippen LogP contribution in [-0.4, -0.2) is 9.55 Å². The molecule has 0 unspecified atom stereocenters. The SMILES string of the molecule is C/C=C(/C)c1ccc2o[c-]c(-c3nc4ccccc4n3-c3c(C(C)C)cc(-c4ccccc4)cc3C(C)C)c2c1.[Ir]. The standard InChI is InChI=1S/C37H35N2O.Ir/c1-7-25(6)27-17-18-35-31(19-27)32(22-40-35)37-38-33-15-11-12-16-34(33)39(37)36-29(23(2)3)20-28(21-30(36)24(4)5)26-13-9-8-10-14-26;/h7-21,23-24H,1-6H3;/q-1;/b25-7-;. The Morgan fingerprint density at radius 3 is 2.15 bits per heavy atom. The summed E-state index contributed by atoms with van der Waals surface area (Å²) < 4.78 is 8.35. The van der Waals surface area contributed by atoms with E-state index < -0.39 is 0 Å². The van der Waals surface area contributed by atoms with Crippen LogP contribution in [0, 0.1) is 6.26 Å². The minimum absolute atomic E-state index is 0. The predicted molar refractivity (Wildman–Crippen MR) is 168 cm³/mol. The van der Waals surface area contributed by atoms with Crippen molar-refractivity contribution in [2.24, 2.45) is 0 Å². The van der Waals surface area contributed by atoms with Crippen LogP contribution in [0.2, 0.25) is 0 Å². The molecule has 0 saturated heterocycles. The van der Waals surface area contributed by atoms with Crippen LogP contribution in [0.3, 0.4) is 0 Å². The molecule has 0 atom stereocenters. The Hall–Kier alpha value is -3.72. The normalized spacial score (nSPS) is 12.0. The summed E-state index contributed by atoms with van der Waals surface area (Å²) in [5.41, 5.74) is 12.4. The molecule has 0 aliphatic heterocycles. The molecule has 0 bridgehead atoms. The van der Waals surface area contributed by atoms with Gasteiger partial charge in [0.25, 0.3) is 0 Å². The smallest absolute Gasteiger partial charge is 0.0774 e. The first kappa shape index (κ1) is 28.8. The maximum Gasteiger partial charge on any atom is 0.0774 e. The number of furan rings is 1. The fraction of sp³-hybridized carbons (Fsp3) is 0.216. The van der Waals surface area contributed by atoms with Crippen LogP contribution < -0.4 is 0 Å². The largest absolute Gasteiger partial charge is 0.557 e. The van der Waals surface area contributed by atoms with E-state index in [-0.39, 0.29) is 20.1 Å². The molecule has 0 amide bonds. The number of benzene rings is 4. The number of hydrogen-bond donors (Lipinski definition) is 0. The second-order valence-corrected chi connectivity index (χ2v) is 11.2. The minimum atomic E-state index is 0. The molecule has 6 aromatic rings. The maximum absolute atomic E-state index is 5.99. The molecule has 2 heterocycles. The van der Waals surface area contributed by atoms with E-state index in [1.807, 2.05) is 6.07 Å². The van der Waals surface area contributed by atoms with Crippen molar-refractivity contribution < 1.29 is 24.5 Å². The average Bonchev–Trinajstić information content (AvgIpc) is 3.57. The van der Waals surface area contributed by atoms with E-state index in [0.29, 0.717) is 11.8 Å². The zero-order chi connectivity index (χ0) is 28.0. The molecular weight excluding hydrogens is 681 g/mol. The van der Waals surface area contributed by atoms with Crippen LogP contribution in [0.5, 0.6) is 0 Å². The van der Waals surface area contributed by atoms with Gasteiger partial charge in [-0.2, -0.15) is 0 Å². The molecule has 0 fully saturated rings. The van der Waals surface area contributed by atoms with E-state index >= 15 is 0 Å². The van der Waals surface area contributed by atoms with Gasteiger partial charge in [-0.05, 0) is 83.3 Å². The molecule has 4 heteroatoms. The zero-order valence-electron chi connectivity index (χ0n) is 24.5. The first-order valence-corrected chi connectivity index (χ1v) is 14.2. The van der Waals surface area contributed by atoms with E-state index in [1.54, 1.807) is 0 Å². The number of imidazole rings is 1. The molecule has 4 aromatic carbocycles. The number of hydrogen-bond acceptors (Lipinski definition) is 2. The number of aromatic nitrogens is 2. The van der Waals surface area contributed by atoms with Crippen LogP contribution in [-0.2, 0) is 20.1 Å². The fourth-order valence-corrected chi connectivity index (χ4v) is 5.59. The number of fused-ring (bicyclic) bond motifs is 2. The third-order valence-electron chi connectivity index (χ3n) is 7.93. The number of nitrogens with zero attached hydrogens (tertiary/aromatic N) is 2. The van der Waals surface area contributed by atoms with E-state index in [9.17, 15) is 0 Å². The Balaban J connectivity index is 0.00000337. The van der Waals surface area contributed by atoms with Crippen LogP contribution in [0.4, 0.5) is 0 Å². The Morgan fingerprint density at radius 2 is 1.49 bits per heavy atom. The fourth-order valence-electron chi connectivity index (χ4n) is 5.59. The average molecular weight is 716 g/mol. The summed E-state index contributed by atoms with van der Waals surface area (Å²) >= 11 is 0. The summed E-state index contributed by atoms with van der Waals surface area (Å²) in [5.74, 6) is 1.46. The van der Waals surface area contributed by atoms with Crippen LogP contribution in [0.15, 0.2) is 95.4 Å². The van der Waals surface area contributed by atoms with Crippen molar-refractivity contribution in [3.63, 3.8) is 0 Å². The van der Waals surface area contributed by atoms with Crippen molar-refractivity contribution in [2.45, 2.75) is 53.4 Å². The number of rotatable bonds is 6. The van der Waals surface area contributed by atoms with E-state index in [2.05, 4.69) is 137 Å². The topological polar surface area (TPSA) is 31.0 Å². The third kappa shape index (κ3) is 5.12. The summed E-state index contributed by atoms with van der Waals surface area (Å²) in [5, 5.41) is 1.02. The Morgan fingerprint density at radius 1 is 0.829 bits per heavy atom. The molecular formula is C37H35IrN2O-. The van der Waals surface area contributed by atoms with Crippen molar-refractivity contribution in [2.75, 3.05) is 0 Å². The van der Waals surface area contributed by atoms with Gasteiger partial charge in [0.1, 0.15) is 0 Å². The maximum atomic E-state index is 5.99. The quantitative estimate of drug-likeness (QED) is 0.161. The molecule has 41 heavy (non-hydrogen) atoms. The Bertz CT molecular complexity index is 1840. The molecule has 0 spiro atoms. The Labute approximate surface area is 256 Å². The summed E-state index contributed by atoms with van der Waals surface area (Å²) in [6.45, 7) is 13.3. The van der Waals surface area contributed by atoms with Gasteiger partial charge >= 0.3 is 0 Å². The number of allylic oxidation sites excluding steroid dienone is 2. The van der Waals surface area contributed by atoms with Gasteiger partial charge in [0, 0.05) is 37.6 Å². The zero-order valence-corrected chi connectivity index (χ0v) is 26.8. The predicted octanol–water partition coefficient (Wildman–Crippen LogP) is 10.6. The van der Waals surface area contributed by atoms with E-state index in [1.165, 1.54) is 39.1 Å². The summed E-state index contributed by atoms with van der Waals surface area (Å²) in [6.07, 6.45) is 5.38. The van der Waals surface area contributed by atoms with E-state index in [4.69, 9.17) is 9.40 Å². The summed E-state index contributed by atoms with van der Waals surface area (Å²) in [7, 11) is 0. The van der Waals surface area contributed by atoms with Crippen molar-refractivity contribution in [3.8, 4) is 28.2 Å². The molecule has 3 nitrogen and oxygen atoms in total. The summed E-state index contributed by atoms with van der Waals surface area (Å²) in [4.78, 5) is 5.21. The van der Waals surface area contributed by atoms with E-state index in [0.717, 1.165) is 33.4 Å². The third-order valence-corrected chi connectivity index (χ3v) is 7.93. The first-order valence-electron chi connectivity index (χ1n) is 14.2. The molecule has 0 aliphatic carbocycles. The van der Waals surface area contributed by atoms with Crippen molar-refractivity contribution in [1.29, 1.82) is 0 Å². The van der Waals surface area contributed by atoms with Crippen LogP contribution in [0.1, 0.15) is 70.1 Å². The van der Waals surface area contributed by atoms with Crippen molar-refractivity contribution in [3.05, 3.63) is 114 Å². The van der Waals surface area contributed by atoms with Gasteiger partial charge < -0.3 is 8.98 Å². The first-order chi connectivity index (χ1) is 19.4. The molecule has 0 N–H and O–H groups in total. The molecule has 1 radical (unpaired) electrons. The molecule has 209 valence electrons.